The van der Waals surface area contributed by atoms with Gasteiger partial charge in [0.1, 0.15) is 5.56 Å². The number of aryl methyl sites for hydroxylation is 2. The van der Waals surface area contributed by atoms with Gasteiger partial charge in [0.15, 0.2) is 0 Å². The molecule has 174 valence electrons. The Morgan fingerprint density at radius 2 is 1.65 bits per heavy atom. The van der Waals surface area contributed by atoms with E-state index in [4.69, 9.17) is 11.6 Å². The number of nitrogens with one attached hydrogen (secondary N) is 3. The second-order valence-corrected chi connectivity index (χ2v) is 10.1. The maximum Gasteiger partial charge on any atom is 0.261 e. The summed E-state index contributed by atoms with van der Waals surface area (Å²) in [4.78, 5) is 28.5. The molecule has 0 unspecified atom stereocenters. The highest BCUT2D eigenvalue weighted by Crippen LogP contribution is 2.21. The Morgan fingerprint density at radius 1 is 0.971 bits per heavy atom. The zero-order chi connectivity index (χ0) is 24.5. The van der Waals surface area contributed by atoms with Crippen molar-refractivity contribution in [1.29, 1.82) is 0 Å². The molecule has 0 aliphatic rings. The number of anilines is 1. The lowest BCUT2D eigenvalue weighted by Gasteiger charge is -2.11. The summed E-state index contributed by atoms with van der Waals surface area (Å²) in [5, 5.41) is 3.38. The summed E-state index contributed by atoms with van der Waals surface area (Å²) < 4.78 is 28.5. The predicted molar refractivity (Wildman–Crippen MR) is 134 cm³/mol. The van der Waals surface area contributed by atoms with E-state index in [0.29, 0.717) is 16.2 Å². The highest BCUT2D eigenvalue weighted by atomic mass is 35.5. The van der Waals surface area contributed by atoms with Crippen molar-refractivity contribution in [2.75, 3.05) is 4.72 Å². The van der Waals surface area contributed by atoms with Crippen molar-refractivity contribution in [3.63, 3.8) is 0 Å². The van der Waals surface area contributed by atoms with Gasteiger partial charge in [0.25, 0.3) is 15.9 Å². The molecule has 0 atom stereocenters. The van der Waals surface area contributed by atoms with Crippen molar-refractivity contribution in [3.8, 4) is 0 Å². The predicted octanol–water partition coefficient (Wildman–Crippen LogP) is 4.53. The minimum absolute atomic E-state index is 0.0802. The Labute approximate surface area is 201 Å². The first-order valence-electron chi connectivity index (χ1n) is 10.4. The van der Waals surface area contributed by atoms with E-state index in [1.807, 2.05) is 19.9 Å². The molecule has 0 saturated carbocycles. The van der Waals surface area contributed by atoms with Gasteiger partial charge in [-0.25, -0.2) is 8.42 Å². The average molecular weight is 496 g/mol. The molecule has 34 heavy (non-hydrogen) atoms. The number of hydrogen-bond donors (Lipinski definition) is 3. The van der Waals surface area contributed by atoms with Crippen molar-refractivity contribution in [2.45, 2.75) is 25.3 Å². The summed E-state index contributed by atoms with van der Waals surface area (Å²) in [5.74, 6) is -0.570. The number of halogens is 1. The van der Waals surface area contributed by atoms with E-state index in [-0.39, 0.29) is 22.4 Å². The van der Waals surface area contributed by atoms with Gasteiger partial charge < -0.3 is 10.3 Å². The van der Waals surface area contributed by atoms with Gasteiger partial charge in [-0.1, -0.05) is 29.8 Å². The van der Waals surface area contributed by atoms with E-state index in [1.54, 1.807) is 36.4 Å². The Morgan fingerprint density at radius 3 is 2.32 bits per heavy atom. The lowest BCUT2D eigenvalue weighted by Crippen LogP contribution is -2.28. The van der Waals surface area contributed by atoms with Crippen molar-refractivity contribution < 1.29 is 13.2 Å². The molecule has 1 amide bonds. The van der Waals surface area contributed by atoms with Gasteiger partial charge in [0, 0.05) is 34.4 Å². The molecule has 4 aromatic rings. The summed E-state index contributed by atoms with van der Waals surface area (Å²) in [5.41, 5.74) is 2.83. The lowest BCUT2D eigenvalue weighted by molar-refractivity contribution is 0.0949. The zero-order valence-corrected chi connectivity index (χ0v) is 20.0. The molecule has 3 aromatic carbocycles. The Balaban J connectivity index is 1.62. The standard InChI is InChI=1S/C25H22ClN3O4S/c1-15-9-16(2)11-19(10-15)29-34(32,33)20-7-8-23-21(12-20)24(30)22(14-27-23)25(31)28-13-17-3-5-18(26)6-4-17/h3-12,14,29H,13H2,1-2H3,(H,27,30)(H,28,31). The third-order valence-electron chi connectivity index (χ3n) is 5.25. The molecule has 4 rings (SSSR count). The van der Waals surface area contributed by atoms with E-state index in [1.165, 1.54) is 24.4 Å². The molecule has 7 nitrogen and oxygen atoms in total. The Bertz CT molecular complexity index is 1540. The van der Waals surface area contributed by atoms with E-state index in [2.05, 4.69) is 15.0 Å². The number of rotatable bonds is 6. The van der Waals surface area contributed by atoms with Gasteiger partial charge in [-0.15, -0.1) is 0 Å². The number of fused-ring (bicyclic) bond motifs is 1. The zero-order valence-electron chi connectivity index (χ0n) is 18.5. The monoisotopic (exact) mass is 495 g/mol. The summed E-state index contributed by atoms with van der Waals surface area (Å²) >= 11 is 5.87. The number of pyridine rings is 1. The number of amides is 1. The Hall–Kier alpha value is -3.62. The third-order valence-corrected chi connectivity index (χ3v) is 6.88. The van der Waals surface area contributed by atoms with E-state index in [9.17, 15) is 18.0 Å². The second kappa shape index (κ2) is 9.32. The van der Waals surface area contributed by atoms with Gasteiger partial charge in [-0.05, 0) is 73.0 Å². The normalized spacial score (nSPS) is 11.4. The molecule has 0 radical (unpaired) electrons. The number of carbonyl (C=O) groups is 1. The first kappa shape index (κ1) is 23.5. The topological polar surface area (TPSA) is 108 Å². The van der Waals surface area contributed by atoms with Crippen LogP contribution in [0.4, 0.5) is 5.69 Å². The number of hydrogen-bond acceptors (Lipinski definition) is 4. The Kier molecular flexibility index (Phi) is 6.45. The fourth-order valence-electron chi connectivity index (χ4n) is 3.66. The molecule has 0 bridgehead atoms. The average Bonchev–Trinajstić information content (AvgIpc) is 2.77. The minimum atomic E-state index is -3.95. The van der Waals surface area contributed by atoms with Crippen LogP contribution in [0.2, 0.25) is 5.02 Å². The molecule has 0 saturated heterocycles. The van der Waals surface area contributed by atoms with Crippen molar-refractivity contribution in [2.24, 2.45) is 0 Å². The van der Waals surface area contributed by atoms with Crippen LogP contribution in [-0.4, -0.2) is 19.3 Å². The van der Waals surface area contributed by atoms with Gasteiger partial charge >= 0.3 is 0 Å². The minimum Gasteiger partial charge on any atom is -0.360 e. The van der Waals surface area contributed by atoms with Gasteiger partial charge in [-0.2, -0.15) is 0 Å². The fourth-order valence-corrected chi connectivity index (χ4v) is 4.85. The second-order valence-electron chi connectivity index (χ2n) is 8.03. The van der Waals surface area contributed by atoms with Crippen LogP contribution in [0.25, 0.3) is 10.9 Å². The maximum atomic E-state index is 13.0. The first-order chi connectivity index (χ1) is 16.1. The molecule has 0 aliphatic carbocycles. The number of H-pyrrole nitrogens is 1. The van der Waals surface area contributed by atoms with Crippen LogP contribution in [0.3, 0.4) is 0 Å². The molecule has 0 aliphatic heterocycles. The quantitative estimate of drug-likeness (QED) is 0.365. The molecule has 3 N–H and O–H groups in total. The van der Waals surface area contributed by atoms with Crippen LogP contribution in [-0.2, 0) is 16.6 Å². The molecule has 0 fully saturated rings. The summed E-state index contributed by atoms with van der Waals surface area (Å²) in [7, 11) is -3.95. The summed E-state index contributed by atoms with van der Waals surface area (Å²) in [6.45, 7) is 3.96. The molecule has 1 aromatic heterocycles. The number of carbonyl (C=O) groups excluding carboxylic acids is 1. The van der Waals surface area contributed by atoms with Crippen molar-refractivity contribution in [1.82, 2.24) is 10.3 Å². The van der Waals surface area contributed by atoms with E-state index >= 15 is 0 Å². The SMILES string of the molecule is Cc1cc(C)cc(NS(=O)(=O)c2ccc3[nH]cc(C(=O)NCc4ccc(Cl)cc4)c(=O)c3c2)c1. The lowest BCUT2D eigenvalue weighted by atomic mass is 10.1. The number of benzene rings is 3. The van der Waals surface area contributed by atoms with Crippen LogP contribution in [0.1, 0.15) is 27.0 Å². The largest absolute Gasteiger partial charge is 0.360 e. The number of aromatic amines is 1. The van der Waals surface area contributed by atoms with E-state index in [0.717, 1.165) is 16.7 Å². The highest BCUT2D eigenvalue weighted by Gasteiger charge is 2.18. The molecule has 9 heteroatoms. The number of sulfonamides is 1. The van der Waals surface area contributed by atoms with Crippen LogP contribution in [0.15, 0.2) is 76.6 Å². The van der Waals surface area contributed by atoms with Crippen LogP contribution in [0.5, 0.6) is 0 Å². The molecular formula is C25H22ClN3O4S. The molecule has 1 heterocycles. The maximum absolute atomic E-state index is 13.0. The smallest absolute Gasteiger partial charge is 0.261 e. The summed E-state index contributed by atoms with van der Waals surface area (Å²) in [6, 6.07) is 16.5. The molecular weight excluding hydrogens is 474 g/mol. The summed E-state index contributed by atoms with van der Waals surface area (Å²) in [6.07, 6.45) is 1.32. The number of aromatic nitrogens is 1. The fraction of sp³-hybridized carbons (Fsp3) is 0.120. The van der Waals surface area contributed by atoms with Gasteiger partial charge in [0.2, 0.25) is 5.43 Å². The first-order valence-corrected chi connectivity index (χ1v) is 12.3. The van der Waals surface area contributed by atoms with Gasteiger partial charge in [-0.3, -0.25) is 14.3 Å². The highest BCUT2D eigenvalue weighted by molar-refractivity contribution is 7.92. The van der Waals surface area contributed by atoms with Crippen LogP contribution < -0.4 is 15.5 Å². The van der Waals surface area contributed by atoms with Crippen LogP contribution >= 0.6 is 11.6 Å². The molecule has 0 spiro atoms. The van der Waals surface area contributed by atoms with Crippen LogP contribution in [0, 0.1) is 13.8 Å². The van der Waals surface area contributed by atoms with Gasteiger partial charge in [0.05, 0.1) is 4.90 Å². The van der Waals surface area contributed by atoms with E-state index < -0.39 is 21.4 Å². The van der Waals surface area contributed by atoms with Crippen molar-refractivity contribution in [3.05, 3.63) is 104 Å². The third kappa shape index (κ3) is 5.13. The van der Waals surface area contributed by atoms with Crippen molar-refractivity contribution >= 4 is 44.1 Å².